The summed E-state index contributed by atoms with van der Waals surface area (Å²) < 4.78 is 25.6. The van der Waals surface area contributed by atoms with Gasteiger partial charge in [0.05, 0.1) is 74.7 Å². The summed E-state index contributed by atoms with van der Waals surface area (Å²) in [6.07, 6.45) is 16.7. The van der Waals surface area contributed by atoms with Crippen LogP contribution in [-0.4, -0.2) is 77.9 Å². The zero-order valence-corrected chi connectivity index (χ0v) is 45.5. The van der Waals surface area contributed by atoms with E-state index in [1.807, 2.05) is 143 Å². The fraction of sp³-hybridized carbons (Fsp3) is 0.152. The van der Waals surface area contributed by atoms with Crippen LogP contribution in [0.25, 0.3) is 44.8 Å². The molecule has 0 unspecified atom stereocenters. The first-order valence-corrected chi connectivity index (χ1v) is 25.6. The number of allylic oxidation sites excluding steroid dienone is 4. The van der Waals surface area contributed by atoms with E-state index in [1.54, 1.807) is 49.1 Å². The minimum atomic E-state index is 0.00841. The van der Waals surface area contributed by atoms with Crippen molar-refractivity contribution in [3.63, 3.8) is 0 Å². The molecule has 0 atom stereocenters. The van der Waals surface area contributed by atoms with E-state index in [0.717, 1.165) is 44.3 Å². The number of rotatable bonds is 18. The van der Waals surface area contributed by atoms with Gasteiger partial charge in [0.15, 0.2) is 46.0 Å². The number of aromatic hydroxyl groups is 4. The van der Waals surface area contributed by atoms with E-state index in [2.05, 4.69) is 36.3 Å². The van der Waals surface area contributed by atoms with Gasteiger partial charge in [0, 0.05) is 35.9 Å². The number of ether oxygens (including phenoxy) is 4. The summed E-state index contributed by atoms with van der Waals surface area (Å²) in [7, 11) is 6.11. The van der Waals surface area contributed by atoms with Crippen LogP contribution in [0.15, 0.2) is 209 Å². The molecule has 0 bridgehead atoms. The Labute approximate surface area is 466 Å². The molecule has 0 aliphatic carbocycles. The number of methoxy groups -OCH3 is 4. The van der Waals surface area contributed by atoms with Gasteiger partial charge in [-0.1, -0.05) is 60.7 Å². The van der Waals surface area contributed by atoms with Crippen molar-refractivity contribution in [3.05, 3.63) is 242 Å². The Bertz CT molecular complexity index is 3410. The SMILES string of the molecule is C=CCc1cc(Cn2c(-c3cc(CC=C)cc(OC)c3O)nc3ccccc32)c(O)c(OC)c1.C=CCc1cc(Cn2c(-c3cc(CC=C)cc(OC)c3O)nc3ccccc32)c(O)c(OC)c1.c1ccncc1.c1ccncc1. The highest BCUT2D eigenvalue weighted by Gasteiger charge is 2.23. The summed E-state index contributed by atoms with van der Waals surface area (Å²) in [5, 5.41) is 43.8. The van der Waals surface area contributed by atoms with Crippen molar-refractivity contribution in [2.75, 3.05) is 28.4 Å². The number of nitrogens with zero attached hydrogens (tertiary/aromatic N) is 6. The first kappa shape index (κ1) is 57.6. The lowest BCUT2D eigenvalue weighted by Gasteiger charge is -2.16. The second-order valence-corrected chi connectivity index (χ2v) is 18.0. The molecule has 0 saturated carbocycles. The number of aromatic nitrogens is 6. The molecule has 14 nitrogen and oxygen atoms in total. The largest absolute Gasteiger partial charge is 0.504 e. The van der Waals surface area contributed by atoms with Gasteiger partial charge in [0.25, 0.3) is 0 Å². The lowest BCUT2D eigenvalue weighted by molar-refractivity contribution is 0.369. The maximum atomic E-state index is 11.0. The number of phenolic OH excluding ortho intramolecular Hbond substituents is 4. The number of pyridine rings is 2. The third kappa shape index (κ3) is 13.9. The van der Waals surface area contributed by atoms with Crippen molar-refractivity contribution >= 4 is 22.1 Å². The maximum Gasteiger partial charge on any atom is 0.168 e. The van der Waals surface area contributed by atoms with Gasteiger partial charge in [0.2, 0.25) is 0 Å². The molecule has 4 aromatic heterocycles. The smallest absolute Gasteiger partial charge is 0.168 e. The number of hydrogen-bond acceptors (Lipinski definition) is 12. The molecule has 4 N–H and O–H groups in total. The van der Waals surface area contributed by atoms with Crippen LogP contribution >= 0.6 is 0 Å². The maximum absolute atomic E-state index is 11.0. The topological polar surface area (TPSA) is 179 Å². The van der Waals surface area contributed by atoms with Crippen molar-refractivity contribution in [3.8, 4) is 68.8 Å². The van der Waals surface area contributed by atoms with Gasteiger partial charge in [-0.05, 0) is 145 Å². The summed E-state index contributed by atoms with van der Waals surface area (Å²) in [6.45, 7) is 15.9. The number of imidazole rings is 2. The summed E-state index contributed by atoms with van der Waals surface area (Å²) in [6, 6.07) is 41.8. The van der Waals surface area contributed by atoms with Crippen molar-refractivity contribution < 1.29 is 39.4 Å². The highest BCUT2D eigenvalue weighted by atomic mass is 16.5. The molecule has 0 saturated heterocycles. The molecule has 10 aromatic rings. The fourth-order valence-corrected chi connectivity index (χ4v) is 8.98. The number of benzene rings is 6. The van der Waals surface area contributed by atoms with E-state index in [0.29, 0.717) is 95.7 Å². The molecule has 10 rings (SSSR count). The van der Waals surface area contributed by atoms with Gasteiger partial charge in [-0.15, -0.1) is 26.3 Å². The molecule has 0 aliphatic heterocycles. The summed E-state index contributed by atoms with van der Waals surface area (Å²) >= 11 is 0. The van der Waals surface area contributed by atoms with E-state index in [9.17, 15) is 20.4 Å². The second-order valence-electron chi connectivity index (χ2n) is 18.0. The monoisotopic (exact) mass is 1070 g/mol. The Kier molecular flexibility index (Phi) is 20.4. The van der Waals surface area contributed by atoms with Gasteiger partial charge in [0.1, 0.15) is 11.6 Å². The Morgan fingerprint density at radius 3 is 1.00 bits per heavy atom. The highest BCUT2D eigenvalue weighted by molar-refractivity contribution is 5.84. The zero-order chi connectivity index (χ0) is 57.0. The molecule has 6 aromatic carbocycles. The predicted molar refractivity (Wildman–Crippen MR) is 318 cm³/mol. The molecule has 14 heteroatoms. The summed E-state index contributed by atoms with van der Waals surface area (Å²) in [5.74, 6) is 2.82. The van der Waals surface area contributed by atoms with Gasteiger partial charge in [-0.3, -0.25) is 9.97 Å². The van der Waals surface area contributed by atoms with Crippen LogP contribution in [0.3, 0.4) is 0 Å². The first-order chi connectivity index (χ1) is 39.0. The van der Waals surface area contributed by atoms with E-state index in [1.165, 1.54) is 28.4 Å². The normalized spacial score (nSPS) is 10.4. The summed E-state index contributed by atoms with van der Waals surface area (Å²) in [4.78, 5) is 17.2. The number of hydrogen-bond donors (Lipinski definition) is 4. The molecule has 0 spiro atoms. The quantitative estimate of drug-likeness (QED) is 0.0599. The number of para-hydroxylation sites is 4. The standard InChI is InChI=1S/2C28H28N2O4.2C5H5N/c2*1-5-9-18-13-20(26(31)24(15-18)33-3)17-30-23-12-8-7-11-22(23)29-28(30)21-14-19(10-6-2)16-25(34-4)27(21)32;2*1-2-4-6-5-3-1/h2*5-8,11-16,31-32H,1-2,9-10,17H2,3-4H3;2*1-5H. The van der Waals surface area contributed by atoms with Gasteiger partial charge in [-0.2, -0.15) is 0 Å². The van der Waals surface area contributed by atoms with Crippen LogP contribution in [0.2, 0.25) is 0 Å². The predicted octanol–water partition coefficient (Wildman–Crippen LogP) is 13.4. The van der Waals surface area contributed by atoms with Crippen molar-refractivity contribution in [2.45, 2.75) is 38.8 Å². The molecule has 80 heavy (non-hydrogen) atoms. The molecule has 0 radical (unpaired) electrons. The van der Waals surface area contributed by atoms with Crippen LogP contribution in [0.5, 0.6) is 46.0 Å². The Morgan fingerprint density at radius 2 is 0.713 bits per heavy atom. The van der Waals surface area contributed by atoms with Gasteiger partial charge < -0.3 is 48.5 Å². The van der Waals surface area contributed by atoms with Crippen LogP contribution in [-0.2, 0) is 38.8 Å². The van der Waals surface area contributed by atoms with Gasteiger partial charge >= 0.3 is 0 Å². The third-order valence-electron chi connectivity index (χ3n) is 12.7. The molecule has 4 heterocycles. The van der Waals surface area contributed by atoms with E-state index in [-0.39, 0.29) is 23.0 Å². The number of phenols is 4. The van der Waals surface area contributed by atoms with Crippen molar-refractivity contribution in [1.29, 1.82) is 0 Å². The van der Waals surface area contributed by atoms with E-state index in [4.69, 9.17) is 28.9 Å². The molecule has 408 valence electrons. The Morgan fingerprint density at radius 1 is 0.400 bits per heavy atom. The highest BCUT2D eigenvalue weighted by Crippen LogP contribution is 2.43. The fourth-order valence-electron chi connectivity index (χ4n) is 8.98. The number of fused-ring (bicyclic) bond motifs is 2. The van der Waals surface area contributed by atoms with Gasteiger partial charge in [-0.25, -0.2) is 9.97 Å². The Hall–Kier alpha value is -10.1. The van der Waals surface area contributed by atoms with E-state index < -0.39 is 0 Å². The van der Waals surface area contributed by atoms with E-state index >= 15 is 0 Å². The average Bonchev–Trinajstić information content (AvgIpc) is 4.18. The third-order valence-corrected chi connectivity index (χ3v) is 12.7. The van der Waals surface area contributed by atoms with Crippen LogP contribution < -0.4 is 18.9 Å². The summed E-state index contributed by atoms with van der Waals surface area (Å²) in [5.41, 5.74) is 9.57. The molecular weight excluding hydrogens is 1000 g/mol. The zero-order valence-electron chi connectivity index (χ0n) is 45.5. The second kappa shape index (κ2) is 28.3. The molecular formula is C66H66N6O8. The minimum Gasteiger partial charge on any atom is -0.504 e. The first-order valence-electron chi connectivity index (χ1n) is 25.6. The van der Waals surface area contributed by atoms with Crippen LogP contribution in [0.1, 0.15) is 33.4 Å². The molecule has 0 aliphatic rings. The Balaban J connectivity index is 0.000000190. The lowest BCUT2D eigenvalue weighted by atomic mass is 10.0. The van der Waals surface area contributed by atoms with Crippen molar-refractivity contribution in [1.82, 2.24) is 29.1 Å². The van der Waals surface area contributed by atoms with Crippen LogP contribution in [0, 0.1) is 0 Å². The lowest BCUT2D eigenvalue weighted by Crippen LogP contribution is -2.05. The van der Waals surface area contributed by atoms with Crippen LogP contribution in [0.4, 0.5) is 0 Å². The van der Waals surface area contributed by atoms with Crippen molar-refractivity contribution in [2.24, 2.45) is 0 Å². The average molecular weight is 1070 g/mol. The molecule has 0 fully saturated rings. The minimum absolute atomic E-state index is 0.00841. The molecule has 0 amide bonds.